The van der Waals surface area contributed by atoms with Crippen LogP contribution in [0.1, 0.15) is 5.56 Å². The number of halogens is 1. The van der Waals surface area contributed by atoms with Crippen LogP contribution in [0.2, 0.25) is 5.02 Å². The summed E-state index contributed by atoms with van der Waals surface area (Å²) < 4.78 is 0. The van der Waals surface area contributed by atoms with Gasteiger partial charge in [-0.25, -0.2) is 4.98 Å². The maximum atomic E-state index is 12.0. The molecule has 0 radical (unpaired) electrons. The Morgan fingerprint density at radius 2 is 2.10 bits per heavy atom. The number of aromatic amines is 1. The van der Waals surface area contributed by atoms with Crippen molar-refractivity contribution in [2.75, 3.05) is 5.32 Å². The number of anilines is 1. The number of carbonyl (C=O) groups excluding carboxylic acids is 1. The van der Waals surface area contributed by atoms with Crippen LogP contribution in [0.4, 0.5) is 5.69 Å². The van der Waals surface area contributed by atoms with E-state index >= 15 is 0 Å². The number of amides is 1. The average Bonchev–Trinajstić information content (AvgIpc) is 2.89. The molecule has 5 heteroatoms. The normalized spacial score (nSPS) is 10.7. The van der Waals surface area contributed by atoms with Crippen molar-refractivity contribution in [3.8, 4) is 0 Å². The van der Waals surface area contributed by atoms with E-state index < -0.39 is 0 Å². The van der Waals surface area contributed by atoms with E-state index in [9.17, 15) is 4.79 Å². The number of H-pyrrole nitrogens is 1. The molecule has 2 N–H and O–H groups in total. The summed E-state index contributed by atoms with van der Waals surface area (Å²) in [7, 11) is 0. The van der Waals surface area contributed by atoms with E-state index in [1.54, 1.807) is 18.5 Å². The molecule has 0 aliphatic heterocycles. The molecular formula is C15H12ClN3O. The molecule has 3 aromatic rings. The number of nitrogens with zero attached hydrogens (tertiary/aromatic N) is 1. The van der Waals surface area contributed by atoms with Gasteiger partial charge in [-0.15, -0.1) is 0 Å². The van der Waals surface area contributed by atoms with Gasteiger partial charge in [0.15, 0.2) is 0 Å². The number of imidazole rings is 1. The lowest BCUT2D eigenvalue weighted by Crippen LogP contribution is -2.14. The number of aromatic nitrogens is 2. The molecular weight excluding hydrogens is 274 g/mol. The van der Waals surface area contributed by atoms with Crippen molar-refractivity contribution in [1.82, 2.24) is 9.97 Å². The van der Waals surface area contributed by atoms with Crippen LogP contribution < -0.4 is 5.32 Å². The molecule has 0 atom stereocenters. The maximum absolute atomic E-state index is 12.0. The van der Waals surface area contributed by atoms with E-state index in [0.29, 0.717) is 17.1 Å². The van der Waals surface area contributed by atoms with Gasteiger partial charge >= 0.3 is 0 Å². The lowest BCUT2D eigenvalue weighted by Gasteiger charge is -2.07. The maximum Gasteiger partial charge on any atom is 0.228 e. The Morgan fingerprint density at radius 3 is 2.95 bits per heavy atom. The van der Waals surface area contributed by atoms with Gasteiger partial charge < -0.3 is 10.3 Å². The fourth-order valence-electron chi connectivity index (χ4n) is 2.04. The number of benzene rings is 2. The first-order valence-corrected chi connectivity index (χ1v) is 6.56. The van der Waals surface area contributed by atoms with Gasteiger partial charge in [0.1, 0.15) is 0 Å². The van der Waals surface area contributed by atoms with Crippen LogP contribution in [-0.2, 0) is 11.2 Å². The summed E-state index contributed by atoms with van der Waals surface area (Å²) in [6.07, 6.45) is 1.93. The average molecular weight is 286 g/mol. The van der Waals surface area contributed by atoms with Crippen molar-refractivity contribution in [2.45, 2.75) is 6.42 Å². The van der Waals surface area contributed by atoms with Gasteiger partial charge in [0.2, 0.25) is 5.91 Å². The largest absolute Gasteiger partial charge is 0.345 e. The molecule has 1 aromatic heterocycles. The van der Waals surface area contributed by atoms with Gasteiger partial charge in [0.25, 0.3) is 0 Å². The third kappa shape index (κ3) is 2.65. The number of fused-ring (bicyclic) bond motifs is 1. The van der Waals surface area contributed by atoms with Gasteiger partial charge in [-0.1, -0.05) is 29.8 Å². The summed E-state index contributed by atoms with van der Waals surface area (Å²) in [5, 5.41) is 3.34. The zero-order valence-corrected chi connectivity index (χ0v) is 11.3. The Kier molecular flexibility index (Phi) is 3.39. The third-order valence-electron chi connectivity index (χ3n) is 3.00. The van der Waals surface area contributed by atoms with Crippen molar-refractivity contribution in [1.29, 1.82) is 0 Å². The van der Waals surface area contributed by atoms with E-state index in [0.717, 1.165) is 16.6 Å². The Morgan fingerprint density at radius 1 is 1.25 bits per heavy atom. The van der Waals surface area contributed by atoms with Crippen molar-refractivity contribution < 1.29 is 4.79 Å². The quantitative estimate of drug-likeness (QED) is 0.775. The van der Waals surface area contributed by atoms with E-state index in [1.807, 2.05) is 30.3 Å². The van der Waals surface area contributed by atoms with Crippen LogP contribution in [0, 0.1) is 0 Å². The number of para-hydroxylation sites is 1. The zero-order chi connectivity index (χ0) is 13.9. The molecule has 20 heavy (non-hydrogen) atoms. The van der Waals surface area contributed by atoms with Crippen LogP contribution in [0.5, 0.6) is 0 Å². The van der Waals surface area contributed by atoms with Crippen LogP contribution >= 0.6 is 11.6 Å². The van der Waals surface area contributed by atoms with Crippen molar-refractivity contribution in [3.05, 3.63) is 59.4 Å². The first-order valence-electron chi connectivity index (χ1n) is 6.19. The smallest absolute Gasteiger partial charge is 0.228 e. The number of hydrogen-bond acceptors (Lipinski definition) is 2. The second-order valence-electron chi connectivity index (χ2n) is 4.46. The van der Waals surface area contributed by atoms with E-state index in [4.69, 9.17) is 11.6 Å². The molecule has 0 saturated carbocycles. The molecule has 0 aliphatic carbocycles. The highest BCUT2D eigenvalue weighted by Crippen LogP contribution is 2.20. The Hall–Kier alpha value is -2.33. The molecule has 1 amide bonds. The van der Waals surface area contributed by atoms with E-state index in [1.165, 1.54) is 0 Å². The summed E-state index contributed by atoms with van der Waals surface area (Å²) in [4.78, 5) is 19.2. The molecule has 4 nitrogen and oxygen atoms in total. The topological polar surface area (TPSA) is 57.8 Å². The highest BCUT2D eigenvalue weighted by Gasteiger charge is 2.07. The van der Waals surface area contributed by atoms with Crippen molar-refractivity contribution in [2.24, 2.45) is 0 Å². The minimum Gasteiger partial charge on any atom is -0.345 e. The molecule has 0 bridgehead atoms. The van der Waals surface area contributed by atoms with E-state index in [-0.39, 0.29) is 5.91 Å². The third-order valence-corrected chi connectivity index (χ3v) is 3.33. The Labute approximate surface area is 120 Å². The molecule has 0 unspecified atom stereocenters. The standard InChI is InChI=1S/C15H12ClN3O/c16-11-3-1-2-4-12(11)19-15(20)8-10-5-6-13-14(7-10)18-9-17-13/h1-7,9H,8H2,(H,17,18)(H,19,20). The fraction of sp³-hybridized carbons (Fsp3) is 0.0667. The first-order chi connectivity index (χ1) is 9.72. The molecule has 100 valence electrons. The fourth-order valence-corrected chi connectivity index (χ4v) is 2.22. The number of rotatable bonds is 3. The Bertz CT molecular complexity index is 766. The molecule has 0 fully saturated rings. The van der Waals surface area contributed by atoms with E-state index in [2.05, 4.69) is 15.3 Å². The van der Waals surface area contributed by atoms with Gasteiger partial charge in [-0.05, 0) is 29.8 Å². The molecule has 0 aliphatic rings. The van der Waals surface area contributed by atoms with Crippen LogP contribution in [0.15, 0.2) is 48.8 Å². The summed E-state index contributed by atoms with van der Waals surface area (Å²) in [6.45, 7) is 0. The predicted octanol–water partition coefficient (Wildman–Crippen LogP) is 3.40. The lowest BCUT2D eigenvalue weighted by atomic mass is 10.1. The minimum atomic E-state index is -0.100. The predicted molar refractivity (Wildman–Crippen MR) is 79.9 cm³/mol. The highest BCUT2D eigenvalue weighted by molar-refractivity contribution is 6.33. The molecule has 3 rings (SSSR count). The van der Waals surface area contributed by atoms with Crippen LogP contribution in [-0.4, -0.2) is 15.9 Å². The minimum absolute atomic E-state index is 0.100. The second-order valence-corrected chi connectivity index (χ2v) is 4.87. The summed E-state index contributed by atoms with van der Waals surface area (Å²) >= 11 is 6.01. The molecule has 0 spiro atoms. The Balaban J connectivity index is 1.74. The van der Waals surface area contributed by atoms with Gasteiger partial charge in [0.05, 0.1) is 34.5 Å². The summed E-state index contributed by atoms with van der Waals surface area (Å²) in [5.74, 6) is -0.100. The van der Waals surface area contributed by atoms with Gasteiger partial charge in [0, 0.05) is 0 Å². The molecule has 1 heterocycles. The lowest BCUT2D eigenvalue weighted by molar-refractivity contribution is -0.115. The number of hydrogen-bond donors (Lipinski definition) is 2. The molecule has 2 aromatic carbocycles. The zero-order valence-electron chi connectivity index (χ0n) is 10.6. The summed E-state index contributed by atoms with van der Waals surface area (Å²) in [6, 6.07) is 12.9. The molecule has 0 saturated heterocycles. The van der Waals surface area contributed by atoms with Crippen molar-refractivity contribution in [3.63, 3.8) is 0 Å². The second kappa shape index (κ2) is 5.35. The van der Waals surface area contributed by atoms with Crippen molar-refractivity contribution >= 4 is 34.2 Å². The van der Waals surface area contributed by atoms with Crippen LogP contribution in [0.25, 0.3) is 11.0 Å². The number of carbonyl (C=O) groups is 1. The van der Waals surface area contributed by atoms with Gasteiger partial charge in [-0.3, -0.25) is 4.79 Å². The summed E-state index contributed by atoms with van der Waals surface area (Å²) in [5.41, 5.74) is 3.36. The van der Waals surface area contributed by atoms with Crippen LogP contribution in [0.3, 0.4) is 0 Å². The van der Waals surface area contributed by atoms with Gasteiger partial charge in [-0.2, -0.15) is 0 Å². The monoisotopic (exact) mass is 285 g/mol. The SMILES string of the molecule is O=C(Cc1ccc2nc[nH]c2c1)Nc1ccccc1Cl. The first kappa shape index (κ1) is 12.7. The highest BCUT2D eigenvalue weighted by atomic mass is 35.5. The number of nitrogens with one attached hydrogen (secondary N) is 2.